The molecule has 0 saturated heterocycles. The second kappa shape index (κ2) is 5.13. The first-order valence-electron chi connectivity index (χ1n) is 6.57. The maximum Gasteiger partial charge on any atom is 0.124 e. The first-order valence-corrected chi connectivity index (χ1v) is 7.39. The van der Waals surface area contributed by atoms with E-state index < -0.39 is 0 Å². The van der Waals surface area contributed by atoms with E-state index in [-0.39, 0.29) is 0 Å². The van der Waals surface area contributed by atoms with Crippen LogP contribution in [0.2, 0.25) is 0 Å². The number of ether oxygens (including phenoxy) is 1. The number of anilines is 1. The molecule has 1 heterocycles. The van der Waals surface area contributed by atoms with Crippen molar-refractivity contribution in [2.24, 2.45) is 0 Å². The van der Waals surface area contributed by atoms with Gasteiger partial charge < -0.3 is 10.5 Å². The summed E-state index contributed by atoms with van der Waals surface area (Å²) in [4.78, 5) is 4.69. The largest absolute Gasteiger partial charge is 0.494 e. The molecule has 0 saturated carbocycles. The van der Waals surface area contributed by atoms with E-state index in [9.17, 15) is 0 Å². The number of nitrogens with zero attached hydrogens (tertiary/aromatic N) is 1. The second-order valence-corrected chi connectivity index (χ2v) is 5.69. The van der Waals surface area contributed by atoms with Crippen molar-refractivity contribution >= 4 is 27.2 Å². The average Bonchev–Trinajstić information content (AvgIpc) is 2.85. The highest BCUT2D eigenvalue weighted by Gasteiger charge is 2.10. The molecule has 0 amide bonds. The van der Waals surface area contributed by atoms with Crippen LogP contribution in [0.4, 0.5) is 5.69 Å². The van der Waals surface area contributed by atoms with Gasteiger partial charge in [-0.25, -0.2) is 4.98 Å². The SMILES string of the molecule is CCOc1ccc2nc(-c3cc(N)ccc3C)sc2c1. The van der Waals surface area contributed by atoms with Crippen LogP contribution < -0.4 is 10.5 Å². The molecule has 0 unspecified atom stereocenters. The molecule has 0 spiro atoms. The molecule has 2 aromatic carbocycles. The van der Waals surface area contributed by atoms with Gasteiger partial charge in [-0.15, -0.1) is 11.3 Å². The molecule has 0 aliphatic heterocycles. The molecule has 20 heavy (non-hydrogen) atoms. The van der Waals surface area contributed by atoms with Gasteiger partial charge in [0.2, 0.25) is 0 Å². The third-order valence-corrected chi connectivity index (χ3v) is 4.21. The highest BCUT2D eigenvalue weighted by Crippen LogP contribution is 2.34. The molecule has 0 bridgehead atoms. The number of hydrogen-bond donors (Lipinski definition) is 1. The summed E-state index contributed by atoms with van der Waals surface area (Å²) in [7, 11) is 0. The van der Waals surface area contributed by atoms with Crippen molar-refractivity contribution in [3.8, 4) is 16.3 Å². The Bertz CT molecular complexity index is 764. The van der Waals surface area contributed by atoms with Crippen LogP contribution in [0, 0.1) is 6.92 Å². The van der Waals surface area contributed by atoms with Gasteiger partial charge in [0.15, 0.2) is 0 Å². The number of benzene rings is 2. The van der Waals surface area contributed by atoms with Crippen LogP contribution in [0.1, 0.15) is 12.5 Å². The lowest BCUT2D eigenvalue weighted by Crippen LogP contribution is -1.90. The van der Waals surface area contributed by atoms with E-state index in [0.717, 1.165) is 32.2 Å². The summed E-state index contributed by atoms with van der Waals surface area (Å²) in [6, 6.07) is 11.9. The minimum absolute atomic E-state index is 0.672. The molecule has 3 rings (SSSR count). The van der Waals surface area contributed by atoms with Gasteiger partial charge in [-0.05, 0) is 49.7 Å². The minimum Gasteiger partial charge on any atom is -0.494 e. The van der Waals surface area contributed by atoms with Crippen LogP contribution in [0.25, 0.3) is 20.8 Å². The Morgan fingerprint density at radius 3 is 2.85 bits per heavy atom. The fraction of sp³-hybridized carbons (Fsp3) is 0.188. The number of fused-ring (bicyclic) bond motifs is 1. The molecule has 4 heteroatoms. The van der Waals surface area contributed by atoms with Crippen molar-refractivity contribution in [1.82, 2.24) is 4.98 Å². The van der Waals surface area contributed by atoms with Crippen LogP contribution in [0.5, 0.6) is 5.75 Å². The lowest BCUT2D eigenvalue weighted by molar-refractivity contribution is 0.341. The Kier molecular flexibility index (Phi) is 3.32. The smallest absolute Gasteiger partial charge is 0.124 e. The summed E-state index contributed by atoms with van der Waals surface area (Å²) in [5.74, 6) is 0.888. The number of aromatic nitrogens is 1. The van der Waals surface area contributed by atoms with Crippen molar-refractivity contribution in [2.45, 2.75) is 13.8 Å². The van der Waals surface area contributed by atoms with Crippen LogP contribution in [0.3, 0.4) is 0 Å². The molecule has 0 radical (unpaired) electrons. The van der Waals surface area contributed by atoms with E-state index in [1.807, 2.05) is 43.3 Å². The highest BCUT2D eigenvalue weighted by atomic mass is 32.1. The highest BCUT2D eigenvalue weighted by molar-refractivity contribution is 7.21. The van der Waals surface area contributed by atoms with Crippen molar-refractivity contribution in [3.63, 3.8) is 0 Å². The standard InChI is InChI=1S/C16H16N2OS/c1-3-19-12-6-7-14-15(9-12)20-16(18-14)13-8-11(17)5-4-10(13)2/h4-9H,3,17H2,1-2H3. The molecule has 3 nitrogen and oxygen atoms in total. The van der Waals surface area contributed by atoms with E-state index in [1.165, 1.54) is 5.56 Å². The third kappa shape index (κ3) is 2.34. The van der Waals surface area contributed by atoms with Gasteiger partial charge in [0.1, 0.15) is 10.8 Å². The predicted molar refractivity (Wildman–Crippen MR) is 85.4 cm³/mol. The number of nitrogen functional groups attached to an aromatic ring is 1. The number of aryl methyl sites for hydroxylation is 1. The van der Waals surface area contributed by atoms with E-state index in [2.05, 4.69) is 6.92 Å². The number of nitrogens with two attached hydrogens (primary N) is 1. The average molecular weight is 284 g/mol. The van der Waals surface area contributed by atoms with Crippen LogP contribution >= 0.6 is 11.3 Å². The van der Waals surface area contributed by atoms with Crippen LogP contribution in [-0.2, 0) is 0 Å². The molecule has 0 atom stereocenters. The predicted octanol–water partition coefficient (Wildman–Crippen LogP) is 4.25. The Morgan fingerprint density at radius 2 is 2.05 bits per heavy atom. The summed E-state index contributed by atoms with van der Waals surface area (Å²) < 4.78 is 6.66. The van der Waals surface area contributed by atoms with E-state index >= 15 is 0 Å². The second-order valence-electron chi connectivity index (χ2n) is 4.66. The zero-order valence-electron chi connectivity index (χ0n) is 11.5. The maximum absolute atomic E-state index is 5.88. The van der Waals surface area contributed by atoms with Gasteiger partial charge in [0, 0.05) is 11.3 Å². The fourth-order valence-corrected chi connectivity index (χ4v) is 3.22. The summed E-state index contributed by atoms with van der Waals surface area (Å²) in [6.07, 6.45) is 0. The lowest BCUT2D eigenvalue weighted by atomic mass is 10.1. The third-order valence-electron chi connectivity index (χ3n) is 3.16. The Balaban J connectivity index is 2.10. The zero-order valence-corrected chi connectivity index (χ0v) is 12.3. The molecular weight excluding hydrogens is 268 g/mol. The molecule has 3 aromatic rings. The summed E-state index contributed by atoms with van der Waals surface area (Å²) in [6.45, 7) is 4.73. The quantitative estimate of drug-likeness (QED) is 0.731. The van der Waals surface area contributed by atoms with Gasteiger partial charge in [0.25, 0.3) is 0 Å². The van der Waals surface area contributed by atoms with Crippen LogP contribution in [-0.4, -0.2) is 11.6 Å². The van der Waals surface area contributed by atoms with Crippen molar-refractivity contribution in [2.75, 3.05) is 12.3 Å². The molecule has 0 aliphatic rings. The lowest BCUT2D eigenvalue weighted by Gasteiger charge is -2.02. The molecule has 0 aliphatic carbocycles. The van der Waals surface area contributed by atoms with Gasteiger partial charge in [-0.3, -0.25) is 0 Å². The number of thiazole rings is 1. The molecule has 0 fully saturated rings. The van der Waals surface area contributed by atoms with E-state index in [0.29, 0.717) is 6.61 Å². The van der Waals surface area contributed by atoms with Crippen molar-refractivity contribution in [3.05, 3.63) is 42.0 Å². The van der Waals surface area contributed by atoms with Gasteiger partial charge in [-0.1, -0.05) is 6.07 Å². The van der Waals surface area contributed by atoms with Gasteiger partial charge in [0.05, 0.1) is 16.8 Å². The molecule has 2 N–H and O–H groups in total. The zero-order chi connectivity index (χ0) is 14.1. The first-order chi connectivity index (χ1) is 9.67. The Morgan fingerprint density at radius 1 is 1.20 bits per heavy atom. The maximum atomic E-state index is 5.88. The van der Waals surface area contributed by atoms with E-state index in [1.54, 1.807) is 11.3 Å². The number of hydrogen-bond acceptors (Lipinski definition) is 4. The summed E-state index contributed by atoms with van der Waals surface area (Å²) in [5.41, 5.74) is 9.92. The summed E-state index contributed by atoms with van der Waals surface area (Å²) in [5, 5.41) is 0.999. The molecular formula is C16H16N2OS. The Labute approximate surface area is 122 Å². The fourth-order valence-electron chi connectivity index (χ4n) is 2.15. The van der Waals surface area contributed by atoms with Crippen molar-refractivity contribution < 1.29 is 4.74 Å². The topological polar surface area (TPSA) is 48.1 Å². The molecule has 102 valence electrons. The van der Waals surface area contributed by atoms with Crippen molar-refractivity contribution in [1.29, 1.82) is 0 Å². The monoisotopic (exact) mass is 284 g/mol. The summed E-state index contributed by atoms with van der Waals surface area (Å²) >= 11 is 1.67. The van der Waals surface area contributed by atoms with E-state index in [4.69, 9.17) is 15.5 Å². The number of rotatable bonds is 3. The normalized spacial score (nSPS) is 10.9. The van der Waals surface area contributed by atoms with Gasteiger partial charge in [-0.2, -0.15) is 0 Å². The van der Waals surface area contributed by atoms with Gasteiger partial charge >= 0.3 is 0 Å². The minimum atomic E-state index is 0.672. The molecule has 1 aromatic heterocycles. The Hall–Kier alpha value is -2.07. The first kappa shape index (κ1) is 12.9. The van der Waals surface area contributed by atoms with Crippen LogP contribution in [0.15, 0.2) is 36.4 Å².